The normalized spacial score (nSPS) is 13.4. The largest absolute Gasteiger partial charge is 0.611 e. The van der Waals surface area contributed by atoms with E-state index >= 15 is 0 Å². The van der Waals surface area contributed by atoms with Crippen LogP contribution >= 0.6 is 0 Å². The molecule has 1 atom stereocenters. The van der Waals surface area contributed by atoms with Crippen LogP contribution in [0.4, 0.5) is 23.2 Å². The first-order valence-corrected chi connectivity index (χ1v) is 7.39. The summed E-state index contributed by atoms with van der Waals surface area (Å²) in [6.07, 6.45) is -4.59. The SMILES string of the molecule is Cc1cc(F)c(NC(=O)C(C)C)cc1[S+]([O-])CC(F)(F)F. The first-order valence-electron chi connectivity index (χ1n) is 6.07. The maximum Gasteiger partial charge on any atom is 0.433 e. The molecule has 0 bridgehead atoms. The molecule has 0 heterocycles. The molecular formula is C13H15F4NO2S. The maximum atomic E-state index is 13.7. The average molecular weight is 325 g/mol. The van der Waals surface area contributed by atoms with Gasteiger partial charge in [-0.1, -0.05) is 13.8 Å². The molecule has 0 aliphatic heterocycles. The fourth-order valence-corrected chi connectivity index (χ4v) is 2.62. The van der Waals surface area contributed by atoms with Gasteiger partial charge in [0.1, 0.15) is 5.82 Å². The summed E-state index contributed by atoms with van der Waals surface area (Å²) in [4.78, 5) is 11.4. The molecular weight excluding hydrogens is 310 g/mol. The molecule has 1 aromatic carbocycles. The number of benzene rings is 1. The van der Waals surface area contributed by atoms with Gasteiger partial charge >= 0.3 is 6.18 Å². The van der Waals surface area contributed by atoms with E-state index in [2.05, 4.69) is 5.32 Å². The van der Waals surface area contributed by atoms with Crippen LogP contribution in [0.15, 0.2) is 17.0 Å². The minimum atomic E-state index is -4.59. The summed E-state index contributed by atoms with van der Waals surface area (Å²) >= 11 is -2.35. The van der Waals surface area contributed by atoms with Crippen molar-refractivity contribution in [2.24, 2.45) is 5.92 Å². The third kappa shape index (κ3) is 5.20. The average Bonchev–Trinajstić information content (AvgIpc) is 2.29. The van der Waals surface area contributed by atoms with Gasteiger partial charge in [0.25, 0.3) is 0 Å². The van der Waals surface area contributed by atoms with E-state index in [1.54, 1.807) is 13.8 Å². The first-order chi connectivity index (χ1) is 9.51. The van der Waals surface area contributed by atoms with E-state index in [4.69, 9.17) is 0 Å². The van der Waals surface area contributed by atoms with Gasteiger partial charge in [0.15, 0.2) is 4.90 Å². The van der Waals surface area contributed by atoms with Crippen molar-refractivity contribution < 1.29 is 26.9 Å². The molecule has 1 aromatic rings. The number of alkyl halides is 3. The molecule has 3 nitrogen and oxygen atoms in total. The van der Waals surface area contributed by atoms with Gasteiger partial charge in [-0.25, -0.2) is 4.39 Å². The Morgan fingerprint density at radius 3 is 2.43 bits per heavy atom. The summed E-state index contributed by atoms with van der Waals surface area (Å²) in [5.74, 6) is -3.20. The second-order valence-corrected chi connectivity index (χ2v) is 6.27. The predicted octanol–water partition coefficient (Wildman–Crippen LogP) is 3.40. The number of rotatable bonds is 4. The summed E-state index contributed by atoms with van der Waals surface area (Å²) in [5, 5.41) is 2.27. The van der Waals surface area contributed by atoms with E-state index in [1.807, 2.05) is 0 Å². The van der Waals surface area contributed by atoms with Crippen LogP contribution < -0.4 is 5.32 Å². The number of aryl methyl sites for hydroxylation is 1. The van der Waals surface area contributed by atoms with E-state index < -0.39 is 40.7 Å². The zero-order valence-electron chi connectivity index (χ0n) is 11.7. The van der Waals surface area contributed by atoms with E-state index in [0.717, 1.165) is 12.1 Å². The molecule has 0 fully saturated rings. The van der Waals surface area contributed by atoms with E-state index in [0.29, 0.717) is 0 Å². The number of carbonyl (C=O) groups excluding carboxylic acids is 1. The van der Waals surface area contributed by atoms with Crippen LogP contribution in [0.2, 0.25) is 0 Å². The topological polar surface area (TPSA) is 52.2 Å². The minimum absolute atomic E-state index is 0.137. The number of nitrogens with one attached hydrogen (secondary N) is 1. The lowest BCUT2D eigenvalue weighted by molar-refractivity contribution is -0.119. The number of hydrogen-bond acceptors (Lipinski definition) is 2. The maximum absolute atomic E-state index is 13.7. The summed E-state index contributed by atoms with van der Waals surface area (Å²) < 4.78 is 62.3. The Labute approximate surface area is 122 Å². The third-order valence-corrected chi connectivity index (χ3v) is 4.11. The standard InChI is InChI=1S/C13H15F4NO2S/c1-7(2)12(19)18-10-5-11(8(3)4-9(10)14)21(20)6-13(15,16)17/h4-5,7H,6H2,1-3H3,(H,18,19). The molecule has 21 heavy (non-hydrogen) atoms. The molecule has 1 amide bonds. The lowest BCUT2D eigenvalue weighted by Crippen LogP contribution is -2.24. The highest BCUT2D eigenvalue weighted by Gasteiger charge is 2.36. The van der Waals surface area contributed by atoms with E-state index in [-0.39, 0.29) is 16.1 Å². The van der Waals surface area contributed by atoms with Gasteiger partial charge in [-0.2, -0.15) is 13.2 Å². The fraction of sp³-hybridized carbons (Fsp3) is 0.462. The van der Waals surface area contributed by atoms with Crippen molar-refractivity contribution in [1.29, 1.82) is 0 Å². The Bertz CT molecular complexity index is 532. The minimum Gasteiger partial charge on any atom is -0.611 e. The zero-order chi connectivity index (χ0) is 16.4. The van der Waals surface area contributed by atoms with Gasteiger partial charge < -0.3 is 9.87 Å². The van der Waals surface area contributed by atoms with Crippen molar-refractivity contribution in [3.8, 4) is 0 Å². The van der Waals surface area contributed by atoms with Crippen molar-refractivity contribution >= 4 is 22.8 Å². The van der Waals surface area contributed by atoms with Gasteiger partial charge in [0.2, 0.25) is 11.7 Å². The number of amides is 1. The number of anilines is 1. The summed E-state index contributed by atoms with van der Waals surface area (Å²) in [7, 11) is 0. The predicted molar refractivity (Wildman–Crippen MR) is 71.9 cm³/mol. The Balaban J connectivity index is 3.08. The molecule has 0 aromatic heterocycles. The van der Waals surface area contributed by atoms with Crippen LogP contribution in [0.1, 0.15) is 19.4 Å². The monoisotopic (exact) mass is 325 g/mol. The van der Waals surface area contributed by atoms with Gasteiger partial charge in [-0.3, -0.25) is 4.79 Å². The summed E-state index contributed by atoms with van der Waals surface area (Å²) in [5.41, 5.74) is -0.137. The molecule has 0 radical (unpaired) electrons. The molecule has 1 rings (SSSR count). The highest BCUT2D eigenvalue weighted by Crippen LogP contribution is 2.28. The third-order valence-electron chi connectivity index (χ3n) is 2.59. The van der Waals surface area contributed by atoms with E-state index in [9.17, 15) is 26.9 Å². The number of carbonyl (C=O) groups is 1. The van der Waals surface area contributed by atoms with Crippen LogP contribution in [-0.4, -0.2) is 22.4 Å². The Hall–Kier alpha value is -1.28. The molecule has 0 aliphatic rings. The van der Waals surface area contributed by atoms with Crippen LogP contribution in [-0.2, 0) is 16.0 Å². The lowest BCUT2D eigenvalue weighted by Gasteiger charge is -2.16. The highest BCUT2D eigenvalue weighted by molar-refractivity contribution is 7.91. The Kier molecular flexibility index (Phi) is 5.63. The quantitative estimate of drug-likeness (QED) is 0.681. The van der Waals surface area contributed by atoms with Crippen LogP contribution in [0.25, 0.3) is 0 Å². The smallest absolute Gasteiger partial charge is 0.433 e. The van der Waals surface area contributed by atoms with Gasteiger partial charge in [0, 0.05) is 17.5 Å². The summed E-state index contributed by atoms with van der Waals surface area (Å²) in [6, 6.07) is 1.95. The van der Waals surface area contributed by atoms with Crippen LogP contribution in [0, 0.1) is 18.7 Å². The zero-order valence-corrected chi connectivity index (χ0v) is 12.5. The fourth-order valence-electron chi connectivity index (χ4n) is 1.50. The Morgan fingerprint density at radius 2 is 1.95 bits per heavy atom. The van der Waals surface area contributed by atoms with Crippen molar-refractivity contribution in [3.05, 3.63) is 23.5 Å². The second kappa shape index (κ2) is 6.65. The van der Waals surface area contributed by atoms with Gasteiger partial charge in [-0.05, 0) is 24.2 Å². The highest BCUT2D eigenvalue weighted by atomic mass is 32.2. The van der Waals surface area contributed by atoms with Crippen molar-refractivity contribution in [2.75, 3.05) is 11.1 Å². The first kappa shape index (κ1) is 17.8. The molecule has 8 heteroatoms. The van der Waals surface area contributed by atoms with Gasteiger partial charge in [-0.15, -0.1) is 0 Å². The van der Waals surface area contributed by atoms with Crippen LogP contribution in [0.5, 0.6) is 0 Å². The van der Waals surface area contributed by atoms with Crippen molar-refractivity contribution in [2.45, 2.75) is 31.8 Å². The number of halogens is 4. The van der Waals surface area contributed by atoms with Crippen molar-refractivity contribution in [1.82, 2.24) is 0 Å². The second-order valence-electron chi connectivity index (χ2n) is 4.85. The Morgan fingerprint density at radius 1 is 1.38 bits per heavy atom. The molecule has 118 valence electrons. The molecule has 0 aliphatic carbocycles. The lowest BCUT2D eigenvalue weighted by atomic mass is 10.2. The van der Waals surface area contributed by atoms with Crippen molar-refractivity contribution in [3.63, 3.8) is 0 Å². The van der Waals surface area contributed by atoms with Crippen LogP contribution in [0.3, 0.4) is 0 Å². The molecule has 1 N–H and O–H groups in total. The van der Waals surface area contributed by atoms with E-state index in [1.165, 1.54) is 6.92 Å². The summed E-state index contributed by atoms with van der Waals surface area (Å²) in [6.45, 7) is 4.54. The molecule has 0 spiro atoms. The van der Waals surface area contributed by atoms with Gasteiger partial charge in [0.05, 0.1) is 5.69 Å². The molecule has 0 saturated carbocycles. The number of hydrogen-bond donors (Lipinski definition) is 1. The molecule has 1 unspecified atom stereocenters. The molecule has 0 saturated heterocycles.